The highest BCUT2D eigenvalue weighted by Crippen LogP contribution is 2.29. The highest BCUT2D eigenvalue weighted by Gasteiger charge is 2.19. The van der Waals surface area contributed by atoms with Crippen molar-refractivity contribution >= 4 is 17.3 Å². The van der Waals surface area contributed by atoms with Crippen molar-refractivity contribution in [2.75, 3.05) is 5.32 Å². The zero-order chi connectivity index (χ0) is 18.8. The van der Waals surface area contributed by atoms with Crippen LogP contribution in [-0.2, 0) is 6.42 Å². The fraction of sp³-hybridized carbons (Fsp3) is 0.417. The standard InChI is InChI=1S/C24H32ClN/c1-4-10-22(14-9-8-13-21-11-6-5-7-12-21)19(2)20(3)26-24-17-15-23(25)16-18-24/h5-7,11-12,15-19,22,26H,3-4,8-10,13-14H2,1-2H3. The monoisotopic (exact) mass is 369 g/mol. The summed E-state index contributed by atoms with van der Waals surface area (Å²) < 4.78 is 0. The van der Waals surface area contributed by atoms with Gasteiger partial charge in [-0.25, -0.2) is 0 Å². The second-order valence-electron chi connectivity index (χ2n) is 7.23. The minimum Gasteiger partial charge on any atom is -0.359 e. The smallest absolute Gasteiger partial charge is 0.0407 e. The van der Waals surface area contributed by atoms with Crippen molar-refractivity contribution < 1.29 is 0 Å². The van der Waals surface area contributed by atoms with Crippen LogP contribution in [0.4, 0.5) is 5.69 Å². The number of aryl methyl sites for hydroxylation is 1. The molecule has 26 heavy (non-hydrogen) atoms. The van der Waals surface area contributed by atoms with E-state index in [0.717, 1.165) is 16.4 Å². The van der Waals surface area contributed by atoms with Gasteiger partial charge in [0.2, 0.25) is 0 Å². The molecule has 2 rings (SSSR count). The number of benzene rings is 2. The SMILES string of the molecule is C=C(Nc1ccc(Cl)cc1)C(C)C(CCC)CCCCc1ccccc1. The molecule has 2 aromatic carbocycles. The van der Waals surface area contributed by atoms with Gasteiger partial charge in [0.15, 0.2) is 0 Å². The Bertz CT molecular complexity index is 648. The maximum atomic E-state index is 5.97. The molecule has 0 radical (unpaired) electrons. The molecule has 0 aromatic heterocycles. The number of hydrogen-bond donors (Lipinski definition) is 1. The third-order valence-electron chi connectivity index (χ3n) is 5.20. The first kappa shape index (κ1) is 20.6. The summed E-state index contributed by atoms with van der Waals surface area (Å²) in [4.78, 5) is 0. The van der Waals surface area contributed by atoms with Crippen LogP contribution in [0.15, 0.2) is 66.9 Å². The van der Waals surface area contributed by atoms with Crippen LogP contribution in [0.5, 0.6) is 0 Å². The van der Waals surface area contributed by atoms with Gasteiger partial charge in [-0.05, 0) is 60.9 Å². The highest BCUT2D eigenvalue weighted by molar-refractivity contribution is 6.30. The summed E-state index contributed by atoms with van der Waals surface area (Å²) in [6.45, 7) is 8.89. The minimum absolute atomic E-state index is 0.461. The first-order valence-corrected chi connectivity index (χ1v) is 10.2. The third-order valence-corrected chi connectivity index (χ3v) is 5.45. The summed E-state index contributed by atoms with van der Waals surface area (Å²) in [6.07, 6.45) is 7.46. The molecule has 0 amide bonds. The molecule has 1 N–H and O–H groups in total. The van der Waals surface area contributed by atoms with Crippen molar-refractivity contribution in [2.45, 2.75) is 52.4 Å². The Balaban J connectivity index is 1.82. The summed E-state index contributed by atoms with van der Waals surface area (Å²) in [5.41, 5.74) is 3.61. The summed E-state index contributed by atoms with van der Waals surface area (Å²) in [5, 5.41) is 4.23. The van der Waals surface area contributed by atoms with Gasteiger partial charge in [-0.2, -0.15) is 0 Å². The molecule has 0 bridgehead atoms. The maximum absolute atomic E-state index is 5.97. The number of anilines is 1. The van der Waals surface area contributed by atoms with Crippen molar-refractivity contribution in [1.29, 1.82) is 0 Å². The summed E-state index contributed by atoms with van der Waals surface area (Å²) in [7, 11) is 0. The molecular formula is C24H32ClN. The van der Waals surface area contributed by atoms with Crippen LogP contribution in [0.3, 0.4) is 0 Å². The summed E-state index contributed by atoms with van der Waals surface area (Å²) >= 11 is 5.97. The molecule has 0 aliphatic rings. The van der Waals surface area contributed by atoms with E-state index < -0.39 is 0 Å². The van der Waals surface area contributed by atoms with Gasteiger partial charge in [0.1, 0.15) is 0 Å². The molecule has 2 atom stereocenters. The zero-order valence-corrected chi connectivity index (χ0v) is 16.9. The Hall–Kier alpha value is -1.73. The van der Waals surface area contributed by atoms with Gasteiger partial charge in [0.05, 0.1) is 0 Å². The number of rotatable bonds is 11. The molecule has 0 heterocycles. The molecule has 2 aromatic rings. The normalized spacial score (nSPS) is 13.2. The van der Waals surface area contributed by atoms with E-state index in [-0.39, 0.29) is 0 Å². The van der Waals surface area contributed by atoms with E-state index >= 15 is 0 Å². The van der Waals surface area contributed by atoms with Crippen LogP contribution < -0.4 is 5.32 Å². The molecule has 2 heteroatoms. The van der Waals surface area contributed by atoms with E-state index in [9.17, 15) is 0 Å². The van der Waals surface area contributed by atoms with Gasteiger partial charge in [-0.15, -0.1) is 0 Å². The predicted octanol–water partition coefficient (Wildman–Crippen LogP) is 7.73. The third kappa shape index (κ3) is 6.88. The Morgan fingerprint density at radius 3 is 2.35 bits per heavy atom. The molecule has 1 nitrogen and oxygen atoms in total. The second kappa shape index (κ2) is 11.1. The van der Waals surface area contributed by atoms with Crippen LogP contribution >= 0.6 is 11.6 Å². The van der Waals surface area contributed by atoms with Crippen molar-refractivity contribution in [1.82, 2.24) is 0 Å². The van der Waals surface area contributed by atoms with Crippen LogP contribution in [-0.4, -0.2) is 0 Å². The van der Waals surface area contributed by atoms with Gasteiger partial charge >= 0.3 is 0 Å². The molecule has 0 saturated carbocycles. The number of unbranched alkanes of at least 4 members (excludes halogenated alkanes) is 1. The van der Waals surface area contributed by atoms with Crippen LogP contribution in [0.2, 0.25) is 5.02 Å². The molecule has 0 aliphatic heterocycles. The highest BCUT2D eigenvalue weighted by atomic mass is 35.5. The first-order chi connectivity index (χ1) is 12.6. The fourth-order valence-corrected chi connectivity index (χ4v) is 3.64. The lowest BCUT2D eigenvalue weighted by atomic mass is 9.83. The maximum Gasteiger partial charge on any atom is 0.0407 e. The molecule has 0 saturated heterocycles. The van der Waals surface area contributed by atoms with Gasteiger partial charge in [-0.1, -0.05) is 81.6 Å². The largest absolute Gasteiger partial charge is 0.359 e. The number of nitrogens with one attached hydrogen (secondary N) is 1. The Labute approximate surface area is 164 Å². The van der Waals surface area contributed by atoms with Crippen LogP contribution in [0.1, 0.15) is 51.5 Å². The van der Waals surface area contributed by atoms with Crippen LogP contribution in [0, 0.1) is 11.8 Å². The van der Waals surface area contributed by atoms with Gasteiger partial charge < -0.3 is 5.32 Å². The Morgan fingerprint density at radius 1 is 1.00 bits per heavy atom. The van der Waals surface area contributed by atoms with Gasteiger partial charge in [-0.3, -0.25) is 0 Å². The lowest BCUT2D eigenvalue weighted by Crippen LogP contribution is -2.18. The Kier molecular flexibility index (Phi) is 8.77. The van der Waals surface area contributed by atoms with Gasteiger partial charge in [0, 0.05) is 16.4 Å². The lowest BCUT2D eigenvalue weighted by molar-refractivity contribution is 0.339. The number of hydrogen-bond acceptors (Lipinski definition) is 1. The van der Waals surface area contributed by atoms with Gasteiger partial charge in [0.25, 0.3) is 0 Å². The van der Waals surface area contributed by atoms with E-state index in [0.29, 0.717) is 11.8 Å². The quantitative estimate of drug-likeness (QED) is 0.399. The molecule has 0 spiro atoms. The van der Waals surface area contributed by atoms with E-state index in [2.05, 4.69) is 56.1 Å². The van der Waals surface area contributed by atoms with Crippen molar-refractivity contribution in [2.24, 2.45) is 11.8 Å². The minimum atomic E-state index is 0.461. The molecule has 140 valence electrons. The van der Waals surface area contributed by atoms with E-state index in [4.69, 9.17) is 11.6 Å². The molecule has 0 aliphatic carbocycles. The van der Waals surface area contributed by atoms with E-state index in [1.54, 1.807) is 0 Å². The molecule has 0 fully saturated rings. The van der Waals surface area contributed by atoms with Crippen molar-refractivity contribution in [3.05, 3.63) is 77.5 Å². The fourth-order valence-electron chi connectivity index (χ4n) is 3.51. The topological polar surface area (TPSA) is 12.0 Å². The van der Waals surface area contributed by atoms with E-state index in [1.165, 1.54) is 44.1 Å². The first-order valence-electron chi connectivity index (χ1n) is 9.85. The summed E-state index contributed by atoms with van der Waals surface area (Å²) in [5.74, 6) is 1.14. The predicted molar refractivity (Wildman–Crippen MR) is 116 cm³/mol. The lowest BCUT2D eigenvalue weighted by Gasteiger charge is -2.26. The van der Waals surface area contributed by atoms with Crippen LogP contribution in [0.25, 0.3) is 0 Å². The van der Waals surface area contributed by atoms with Crippen molar-refractivity contribution in [3.63, 3.8) is 0 Å². The second-order valence-corrected chi connectivity index (χ2v) is 7.66. The summed E-state index contributed by atoms with van der Waals surface area (Å²) in [6, 6.07) is 18.6. The molecular weight excluding hydrogens is 338 g/mol. The van der Waals surface area contributed by atoms with E-state index in [1.807, 2.05) is 24.3 Å². The Morgan fingerprint density at radius 2 is 1.69 bits per heavy atom. The zero-order valence-electron chi connectivity index (χ0n) is 16.2. The average Bonchev–Trinajstić information content (AvgIpc) is 2.66. The average molecular weight is 370 g/mol. The number of halogens is 1. The number of allylic oxidation sites excluding steroid dienone is 1. The molecule has 2 unspecified atom stereocenters. The van der Waals surface area contributed by atoms with Crippen molar-refractivity contribution in [3.8, 4) is 0 Å².